The summed E-state index contributed by atoms with van der Waals surface area (Å²) in [7, 11) is 0. The van der Waals surface area contributed by atoms with Crippen molar-refractivity contribution in [3.63, 3.8) is 0 Å². The molecule has 0 aliphatic rings. The van der Waals surface area contributed by atoms with E-state index >= 15 is 0 Å². The first kappa shape index (κ1) is 18.5. The number of carbonyl (C=O) groups excluding carboxylic acids is 2. The summed E-state index contributed by atoms with van der Waals surface area (Å²) < 4.78 is 5.64. The topological polar surface area (TPSA) is 67.4 Å². The highest BCUT2D eigenvalue weighted by Gasteiger charge is 2.14. The molecule has 0 aromatic heterocycles. The Kier molecular flexibility index (Phi) is 5.71. The number of ether oxygens (including phenoxy) is 1. The van der Waals surface area contributed by atoms with Gasteiger partial charge in [0.2, 0.25) is 5.91 Å². The van der Waals surface area contributed by atoms with Crippen molar-refractivity contribution in [3.8, 4) is 5.75 Å². The molecule has 5 heteroatoms. The van der Waals surface area contributed by atoms with Gasteiger partial charge in [0.1, 0.15) is 5.75 Å². The Morgan fingerprint density at radius 3 is 2.41 bits per heavy atom. The Morgan fingerprint density at radius 1 is 0.889 bits per heavy atom. The van der Waals surface area contributed by atoms with Gasteiger partial charge in [-0.3, -0.25) is 20.4 Å². The summed E-state index contributed by atoms with van der Waals surface area (Å²) in [6, 6.07) is 20.7. The third kappa shape index (κ3) is 4.64. The number of nitrogens with one attached hydrogen (secondary N) is 2. The molecular formula is C22H22N2O3. The third-order valence-electron chi connectivity index (χ3n) is 4.04. The summed E-state index contributed by atoms with van der Waals surface area (Å²) in [5, 5.41) is 2.10. The minimum Gasteiger partial charge on any atom is -0.490 e. The number of amides is 2. The minimum atomic E-state index is -0.419. The quantitative estimate of drug-likeness (QED) is 0.681. The summed E-state index contributed by atoms with van der Waals surface area (Å²) in [6.07, 6.45) is 0.117. The summed E-state index contributed by atoms with van der Waals surface area (Å²) in [5.41, 5.74) is 6.22. The first-order valence-electron chi connectivity index (χ1n) is 8.86. The molecule has 3 aromatic carbocycles. The largest absolute Gasteiger partial charge is 0.490 e. The minimum absolute atomic E-state index is 0.0556. The Bertz CT molecular complexity index is 961. The van der Waals surface area contributed by atoms with E-state index in [1.54, 1.807) is 24.3 Å². The van der Waals surface area contributed by atoms with E-state index < -0.39 is 5.91 Å². The van der Waals surface area contributed by atoms with Crippen LogP contribution in [-0.4, -0.2) is 17.9 Å². The molecule has 0 spiro atoms. The van der Waals surface area contributed by atoms with Crippen molar-refractivity contribution in [1.82, 2.24) is 10.9 Å². The van der Waals surface area contributed by atoms with E-state index in [4.69, 9.17) is 4.74 Å². The highest BCUT2D eigenvalue weighted by Crippen LogP contribution is 2.20. The van der Waals surface area contributed by atoms with Gasteiger partial charge in [0.25, 0.3) is 5.91 Å². The summed E-state index contributed by atoms with van der Waals surface area (Å²) in [6.45, 7) is 3.78. The van der Waals surface area contributed by atoms with Crippen LogP contribution >= 0.6 is 0 Å². The van der Waals surface area contributed by atoms with Crippen LogP contribution in [0, 0.1) is 0 Å². The molecule has 2 N–H and O–H groups in total. The summed E-state index contributed by atoms with van der Waals surface area (Å²) in [5.74, 6) is -0.229. The zero-order valence-corrected chi connectivity index (χ0v) is 15.4. The zero-order chi connectivity index (χ0) is 19.2. The number of para-hydroxylation sites is 1. The summed E-state index contributed by atoms with van der Waals surface area (Å²) in [4.78, 5) is 24.7. The van der Waals surface area contributed by atoms with Gasteiger partial charge in [-0.25, -0.2) is 0 Å². The average Bonchev–Trinajstić information content (AvgIpc) is 2.66. The fourth-order valence-corrected chi connectivity index (χ4v) is 2.87. The van der Waals surface area contributed by atoms with Crippen molar-refractivity contribution in [1.29, 1.82) is 0 Å². The molecule has 138 valence electrons. The fourth-order valence-electron chi connectivity index (χ4n) is 2.87. The van der Waals surface area contributed by atoms with Gasteiger partial charge >= 0.3 is 0 Å². The molecule has 0 heterocycles. The molecule has 0 saturated heterocycles. The highest BCUT2D eigenvalue weighted by atomic mass is 16.5. The Labute approximate surface area is 158 Å². The third-order valence-corrected chi connectivity index (χ3v) is 4.04. The summed E-state index contributed by atoms with van der Waals surface area (Å²) >= 11 is 0. The van der Waals surface area contributed by atoms with Crippen molar-refractivity contribution in [2.45, 2.75) is 26.4 Å². The van der Waals surface area contributed by atoms with Gasteiger partial charge in [0.15, 0.2) is 0 Å². The van der Waals surface area contributed by atoms with Gasteiger partial charge in [0, 0.05) is 0 Å². The smallest absolute Gasteiger partial charge is 0.273 e. The van der Waals surface area contributed by atoms with Crippen molar-refractivity contribution in [3.05, 3.63) is 77.9 Å². The number of hydrogen-bond donors (Lipinski definition) is 2. The molecule has 0 unspecified atom stereocenters. The van der Waals surface area contributed by atoms with Gasteiger partial charge < -0.3 is 4.74 Å². The standard InChI is InChI=1S/C22H22N2O3/c1-15(2)27-20-13-6-5-12-19(20)22(26)24-23-21(25)14-17-10-7-9-16-8-3-4-11-18(16)17/h3-13,15H,14H2,1-2H3,(H,23,25)(H,24,26). The van der Waals surface area contributed by atoms with Crippen LogP contribution in [0.2, 0.25) is 0 Å². The second-order valence-electron chi connectivity index (χ2n) is 6.48. The maximum atomic E-state index is 12.4. The van der Waals surface area contributed by atoms with E-state index in [1.807, 2.05) is 56.3 Å². The number of carbonyl (C=O) groups is 2. The van der Waals surface area contributed by atoms with E-state index in [2.05, 4.69) is 10.9 Å². The molecule has 2 amide bonds. The van der Waals surface area contributed by atoms with E-state index in [-0.39, 0.29) is 18.4 Å². The number of rotatable bonds is 5. The maximum Gasteiger partial charge on any atom is 0.273 e. The lowest BCUT2D eigenvalue weighted by atomic mass is 10.0. The number of hydrazine groups is 1. The second kappa shape index (κ2) is 8.36. The average molecular weight is 362 g/mol. The number of benzene rings is 3. The van der Waals surface area contributed by atoms with Crippen LogP contribution in [-0.2, 0) is 11.2 Å². The normalized spacial score (nSPS) is 10.6. The van der Waals surface area contributed by atoms with E-state index in [0.29, 0.717) is 11.3 Å². The number of hydrogen-bond acceptors (Lipinski definition) is 3. The SMILES string of the molecule is CC(C)Oc1ccccc1C(=O)NNC(=O)Cc1cccc2ccccc12. The molecule has 5 nitrogen and oxygen atoms in total. The molecule has 0 radical (unpaired) electrons. The van der Waals surface area contributed by atoms with Crippen LogP contribution in [0.15, 0.2) is 66.7 Å². The zero-order valence-electron chi connectivity index (χ0n) is 15.4. The predicted molar refractivity (Wildman–Crippen MR) is 105 cm³/mol. The lowest BCUT2D eigenvalue weighted by Gasteiger charge is -2.14. The van der Waals surface area contributed by atoms with Gasteiger partial charge in [0.05, 0.1) is 18.1 Å². The molecule has 0 atom stereocenters. The molecule has 0 fully saturated rings. The van der Waals surface area contributed by atoms with Crippen LogP contribution in [0.3, 0.4) is 0 Å². The fraction of sp³-hybridized carbons (Fsp3) is 0.182. The van der Waals surface area contributed by atoms with Crippen LogP contribution in [0.5, 0.6) is 5.75 Å². The first-order valence-corrected chi connectivity index (χ1v) is 8.86. The number of fused-ring (bicyclic) bond motifs is 1. The molecule has 0 aliphatic carbocycles. The lowest BCUT2D eigenvalue weighted by molar-refractivity contribution is -0.121. The van der Waals surface area contributed by atoms with Crippen molar-refractivity contribution in [2.75, 3.05) is 0 Å². The maximum absolute atomic E-state index is 12.4. The lowest BCUT2D eigenvalue weighted by Crippen LogP contribution is -2.42. The van der Waals surface area contributed by atoms with Crippen LogP contribution < -0.4 is 15.6 Å². The monoisotopic (exact) mass is 362 g/mol. The molecule has 0 aliphatic heterocycles. The van der Waals surface area contributed by atoms with Gasteiger partial charge in [-0.15, -0.1) is 0 Å². The van der Waals surface area contributed by atoms with E-state index in [1.165, 1.54) is 0 Å². The van der Waals surface area contributed by atoms with E-state index in [9.17, 15) is 9.59 Å². The van der Waals surface area contributed by atoms with Crippen molar-refractivity contribution in [2.24, 2.45) is 0 Å². The molecular weight excluding hydrogens is 340 g/mol. The Balaban J connectivity index is 1.65. The molecule has 0 saturated carbocycles. The molecule has 3 rings (SSSR count). The molecule has 27 heavy (non-hydrogen) atoms. The predicted octanol–water partition coefficient (Wildman–Crippen LogP) is 3.63. The van der Waals surface area contributed by atoms with Crippen molar-refractivity contribution >= 4 is 22.6 Å². The van der Waals surface area contributed by atoms with Crippen LogP contribution in [0.4, 0.5) is 0 Å². The van der Waals surface area contributed by atoms with Crippen molar-refractivity contribution < 1.29 is 14.3 Å². The first-order chi connectivity index (χ1) is 13.0. The molecule has 0 bridgehead atoms. The Morgan fingerprint density at radius 2 is 1.59 bits per heavy atom. The van der Waals surface area contributed by atoms with Gasteiger partial charge in [-0.1, -0.05) is 54.6 Å². The van der Waals surface area contributed by atoms with Crippen LogP contribution in [0.1, 0.15) is 29.8 Å². The van der Waals surface area contributed by atoms with Gasteiger partial charge in [-0.2, -0.15) is 0 Å². The van der Waals surface area contributed by atoms with E-state index in [0.717, 1.165) is 16.3 Å². The Hall–Kier alpha value is -3.34. The van der Waals surface area contributed by atoms with Gasteiger partial charge in [-0.05, 0) is 42.3 Å². The highest BCUT2D eigenvalue weighted by molar-refractivity contribution is 5.98. The van der Waals surface area contributed by atoms with Crippen LogP contribution in [0.25, 0.3) is 10.8 Å². The molecule has 3 aromatic rings. The second-order valence-corrected chi connectivity index (χ2v) is 6.48.